The molecule has 7 unspecified atom stereocenters. The molecule has 3 saturated carbocycles. The van der Waals surface area contributed by atoms with Gasteiger partial charge in [0.15, 0.2) is 0 Å². The lowest BCUT2D eigenvalue weighted by molar-refractivity contribution is -0.0886. The lowest BCUT2D eigenvalue weighted by Crippen LogP contribution is -2.55. The van der Waals surface area contributed by atoms with Crippen LogP contribution in [0.5, 0.6) is 0 Å². The quantitative estimate of drug-likeness (QED) is 0.506. The summed E-state index contributed by atoms with van der Waals surface area (Å²) in [5, 5.41) is 0. The first kappa shape index (κ1) is 21.6. The molecule has 7 atom stereocenters. The Morgan fingerprint density at radius 1 is 1.29 bits per heavy atom. The number of nitrogens with two attached hydrogens (primary N) is 1. The Morgan fingerprint density at radius 3 is 2.57 bits per heavy atom. The van der Waals surface area contributed by atoms with Crippen LogP contribution in [0.1, 0.15) is 73.1 Å². The van der Waals surface area contributed by atoms with Crippen molar-refractivity contribution in [2.24, 2.45) is 45.7 Å². The molecule has 0 aromatic carbocycles. The highest BCUT2D eigenvalue weighted by molar-refractivity contribution is 5.32. The molecule has 3 fully saturated rings. The summed E-state index contributed by atoms with van der Waals surface area (Å²) in [6.45, 7) is 21.3. The van der Waals surface area contributed by atoms with Crippen LogP contribution in [-0.4, -0.2) is 6.54 Å². The van der Waals surface area contributed by atoms with Gasteiger partial charge in [0.1, 0.15) is 0 Å². The summed E-state index contributed by atoms with van der Waals surface area (Å²) in [7, 11) is 0. The van der Waals surface area contributed by atoms with Gasteiger partial charge in [0.25, 0.3) is 0 Å². The van der Waals surface area contributed by atoms with E-state index in [1.54, 1.807) is 5.57 Å². The highest BCUT2D eigenvalue weighted by Gasteiger charge is 2.65. The van der Waals surface area contributed by atoms with Crippen molar-refractivity contribution in [1.29, 1.82) is 0 Å². The van der Waals surface area contributed by atoms with Gasteiger partial charge in [0.2, 0.25) is 0 Å². The molecule has 0 aromatic rings. The molecule has 0 heterocycles. The van der Waals surface area contributed by atoms with E-state index in [1.807, 2.05) is 6.08 Å². The van der Waals surface area contributed by atoms with Crippen molar-refractivity contribution in [1.82, 2.24) is 0 Å². The SMILES string of the molecule is C=C/C=C1/CCC2C(C(C)CC3(C)C2CCC3(CC)C(=C)CN)C1(C)/C=C\C. The van der Waals surface area contributed by atoms with Crippen molar-refractivity contribution in [2.45, 2.75) is 73.1 Å². The number of hydrogen-bond donors (Lipinski definition) is 1. The molecule has 1 nitrogen and oxygen atoms in total. The second kappa shape index (κ2) is 7.63. The predicted octanol–water partition coefficient (Wildman–Crippen LogP) is 7.07. The van der Waals surface area contributed by atoms with Crippen LogP contribution >= 0.6 is 0 Å². The molecule has 3 aliphatic carbocycles. The third-order valence-corrected chi connectivity index (χ3v) is 9.62. The largest absolute Gasteiger partial charge is 0.327 e. The molecular weight excluding hydrogens is 338 g/mol. The van der Waals surface area contributed by atoms with E-state index in [2.05, 4.69) is 66.0 Å². The van der Waals surface area contributed by atoms with E-state index < -0.39 is 0 Å². The first-order valence-electron chi connectivity index (χ1n) is 11.6. The third-order valence-electron chi connectivity index (χ3n) is 9.62. The molecule has 0 spiro atoms. The van der Waals surface area contributed by atoms with E-state index in [4.69, 9.17) is 5.73 Å². The summed E-state index contributed by atoms with van der Waals surface area (Å²) in [5.41, 5.74) is 9.81. The number of allylic oxidation sites excluding steroid dienone is 5. The zero-order valence-electron chi connectivity index (χ0n) is 19.1. The average Bonchev–Trinajstić information content (AvgIpc) is 2.96. The number of fused-ring (bicyclic) bond motifs is 3. The van der Waals surface area contributed by atoms with Crippen LogP contribution in [0, 0.1) is 39.9 Å². The fraction of sp³-hybridized carbons (Fsp3) is 0.704. The van der Waals surface area contributed by atoms with Crippen molar-refractivity contribution in [3.8, 4) is 0 Å². The maximum atomic E-state index is 6.17. The Labute approximate surface area is 174 Å². The van der Waals surface area contributed by atoms with Crippen molar-refractivity contribution in [3.05, 3.63) is 48.6 Å². The summed E-state index contributed by atoms with van der Waals surface area (Å²) < 4.78 is 0. The van der Waals surface area contributed by atoms with Crippen LogP contribution in [0.2, 0.25) is 0 Å². The van der Waals surface area contributed by atoms with Crippen LogP contribution < -0.4 is 5.73 Å². The van der Waals surface area contributed by atoms with E-state index in [-0.39, 0.29) is 10.8 Å². The topological polar surface area (TPSA) is 26.0 Å². The molecule has 1 heteroatoms. The molecule has 0 bridgehead atoms. The van der Waals surface area contributed by atoms with Crippen molar-refractivity contribution in [2.75, 3.05) is 6.54 Å². The van der Waals surface area contributed by atoms with Crippen molar-refractivity contribution >= 4 is 0 Å². The molecule has 3 aliphatic rings. The second-order valence-corrected chi connectivity index (χ2v) is 10.4. The van der Waals surface area contributed by atoms with E-state index in [0.29, 0.717) is 17.9 Å². The summed E-state index contributed by atoms with van der Waals surface area (Å²) >= 11 is 0. The van der Waals surface area contributed by atoms with E-state index in [1.165, 1.54) is 44.1 Å². The highest BCUT2D eigenvalue weighted by atomic mass is 14.7. The van der Waals surface area contributed by atoms with E-state index in [9.17, 15) is 0 Å². The summed E-state index contributed by atoms with van der Waals surface area (Å²) in [6.07, 6.45) is 16.8. The minimum atomic E-state index is 0.162. The first-order chi connectivity index (χ1) is 13.3. The van der Waals surface area contributed by atoms with Gasteiger partial charge in [-0.2, -0.15) is 0 Å². The summed E-state index contributed by atoms with van der Waals surface area (Å²) in [4.78, 5) is 0. The van der Waals surface area contributed by atoms with Gasteiger partial charge in [-0.15, -0.1) is 0 Å². The van der Waals surface area contributed by atoms with Crippen LogP contribution in [-0.2, 0) is 0 Å². The molecular formula is C27H43N. The Kier molecular flexibility index (Phi) is 5.90. The Morgan fingerprint density at radius 2 is 2.00 bits per heavy atom. The zero-order valence-corrected chi connectivity index (χ0v) is 19.1. The monoisotopic (exact) mass is 381 g/mol. The van der Waals surface area contributed by atoms with Crippen molar-refractivity contribution in [3.63, 3.8) is 0 Å². The first-order valence-corrected chi connectivity index (χ1v) is 11.6. The molecule has 0 aromatic heterocycles. The molecule has 156 valence electrons. The molecule has 0 amide bonds. The third kappa shape index (κ3) is 2.76. The van der Waals surface area contributed by atoms with Gasteiger partial charge in [0.05, 0.1) is 0 Å². The van der Waals surface area contributed by atoms with Gasteiger partial charge in [-0.1, -0.05) is 76.3 Å². The number of hydrogen-bond acceptors (Lipinski definition) is 1. The summed E-state index contributed by atoms with van der Waals surface area (Å²) in [5.74, 6) is 3.03. The van der Waals surface area contributed by atoms with Gasteiger partial charge < -0.3 is 5.73 Å². The van der Waals surface area contributed by atoms with Crippen molar-refractivity contribution < 1.29 is 0 Å². The fourth-order valence-corrected chi connectivity index (χ4v) is 8.66. The Bertz CT molecular complexity index is 684. The van der Waals surface area contributed by atoms with Crippen LogP contribution in [0.15, 0.2) is 48.6 Å². The standard InChI is InChI=1S/C27H43N/c1-8-11-21-12-13-22-23-14-16-27(10-3,20(5)18-28)26(23,7)17-19(4)24(22)25(21,6)15-9-2/h8-9,11,15,19,22-24H,1,5,10,12-14,16-18,28H2,2-4,6-7H3/b15-9-,21-11-. The van der Waals surface area contributed by atoms with Crippen LogP contribution in [0.4, 0.5) is 0 Å². The normalized spacial score (nSPS) is 47.1. The molecule has 3 rings (SSSR count). The molecule has 0 saturated heterocycles. The zero-order chi connectivity index (χ0) is 20.7. The van der Waals surface area contributed by atoms with E-state index >= 15 is 0 Å². The van der Waals surface area contributed by atoms with Gasteiger partial charge >= 0.3 is 0 Å². The highest BCUT2D eigenvalue weighted by Crippen LogP contribution is 2.72. The smallest absolute Gasteiger partial charge is 0.0139 e. The maximum absolute atomic E-state index is 6.17. The molecule has 28 heavy (non-hydrogen) atoms. The van der Waals surface area contributed by atoms with Gasteiger partial charge in [-0.25, -0.2) is 0 Å². The Balaban J connectivity index is 2.08. The predicted molar refractivity (Wildman–Crippen MR) is 123 cm³/mol. The fourth-order valence-electron chi connectivity index (χ4n) is 8.66. The van der Waals surface area contributed by atoms with Gasteiger partial charge in [-0.3, -0.25) is 0 Å². The number of rotatable bonds is 5. The average molecular weight is 382 g/mol. The van der Waals surface area contributed by atoms with E-state index in [0.717, 1.165) is 17.8 Å². The molecule has 0 aliphatic heterocycles. The minimum absolute atomic E-state index is 0.162. The minimum Gasteiger partial charge on any atom is -0.327 e. The lowest BCUT2D eigenvalue weighted by Gasteiger charge is -2.61. The lowest BCUT2D eigenvalue weighted by atomic mass is 9.43. The second-order valence-electron chi connectivity index (χ2n) is 10.4. The Hall–Kier alpha value is -1.08. The van der Waals surface area contributed by atoms with Crippen LogP contribution in [0.3, 0.4) is 0 Å². The molecule has 2 N–H and O–H groups in total. The summed E-state index contributed by atoms with van der Waals surface area (Å²) in [6, 6.07) is 0. The maximum Gasteiger partial charge on any atom is 0.0139 e. The molecule has 0 radical (unpaired) electrons. The van der Waals surface area contributed by atoms with Crippen LogP contribution in [0.25, 0.3) is 0 Å². The van der Waals surface area contributed by atoms with Gasteiger partial charge in [0, 0.05) is 12.0 Å². The van der Waals surface area contributed by atoms with Gasteiger partial charge in [-0.05, 0) is 80.0 Å².